The van der Waals surface area contributed by atoms with Crippen LogP contribution >= 0.6 is 0 Å². The molecule has 0 spiro atoms. The zero-order chi connectivity index (χ0) is 12.1. The van der Waals surface area contributed by atoms with Crippen LogP contribution in [0, 0.1) is 0 Å². The van der Waals surface area contributed by atoms with Crippen LogP contribution < -0.4 is 0 Å². The van der Waals surface area contributed by atoms with Gasteiger partial charge < -0.3 is 4.74 Å². The molecule has 92 valence electrons. The monoisotopic (exact) mass is 262 g/mol. The Hall–Kier alpha value is -0.220. The smallest absolute Gasteiger partial charge is 0.264 e. The summed E-state index contributed by atoms with van der Waals surface area (Å²) in [6, 6.07) is 0. The zero-order valence-corrected chi connectivity index (χ0v) is 9.79. The van der Waals surface area contributed by atoms with Crippen molar-refractivity contribution in [3.05, 3.63) is 0 Å². The van der Waals surface area contributed by atoms with E-state index in [1.807, 2.05) is 0 Å². The molecule has 0 aliphatic heterocycles. The van der Waals surface area contributed by atoms with Crippen molar-refractivity contribution in [3.63, 3.8) is 0 Å². The van der Waals surface area contributed by atoms with Crippen LogP contribution in [0.25, 0.3) is 0 Å². The van der Waals surface area contributed by atoms with Gasteiger partial charge in [-0.2, -0.15) is 16.8 Å². The van der Waals surface area contributed by atoms with Crippen molar-refractivity contribution in [1.82, 2.24) is 0 Å². The van der Waals surface area contributed by atoms with Crippen molar-refractivity contribution in [1.29, 1.82) is 0 Å². The lowest BCUT2D eigenvalue weighted by Crippen LogP contribution is -2.20. The molecule has 7 nitrogen and oxygen atoms in total. The molecule has 0 unspecified atom stereocenters. The molecule has 0 atom stereocenters. The highest BCUT2D eigenvalue weighted by molar-refractivity contribution is 7.86. The van der Waals surface area contributed by atoms with Crippen molar-refractivity contribution in [2.24, 2.45) is 0 Å². The van der Waals surface area contributed by atoms with Crippen molar-refractivity contribution < 1.29 is 30.7 Å². The average molecular weight is 262 g/mol. The number of hydrogen-bond acceptors (Lipinski definition) is 5. The van der Waals surface area contributed by atoms with Gasteiger partial charge in [-0.1, -0.05) is 0 Å². The second-order valence-electron chi connectivity index (χ2n) is 3.01. The fourth-order valence-corrected chi connectivity index (χ4v) is 2.06. The summed E-state index contributed by atoms with van der Waals surface area (Å²) in [6.45, 7) is 0. The van der Waals surface area contributed by atoms with Crippen LogP contribution in [0.5, 0.6) is 0 Å². The Morgan fingerprint density at radius 3 is 1.53 bits per heavy atom. The third kappa shape index (κ3) is 10.1. The molecule has 0 aliphatic rings. The van der Waals surface area contributed by atoms with E-state index in [0.29, 0.717) is 0 Å². The lowest BCUT2D eigenvalue weighted by atomic mass is 10.2. The molecule has 9 heteroatoms. The van der Waals surface area contributed by atoms with Crippen LogP contribution in [0.3, 0.4) is 0 Å². The number of hydrogen-bond donors (Lipinski definition) is 2. The second kappa shape index (κ2) is 5.75. The van der Waals surface area contributed by atoms with Crippen LogP contribution in [0.4, 0.5) is 0 Å². The van der Waals surface area contributed by atoms with E-state index >= 15 is 0 Å². The minimum Gasteiger partial charge on any atom is -0.381 e. The highest BCUT2D eigenvalue weighted by Gasteiger charge is 2.15. The SMILES string of the molecule is COC(CCS(=O)(=O)O)CCS(=O)(=O)O. The fourth-order valence-electron chi connectivity index (χ4n) is 0.941. The molecule has 0 rings (SSSR count). The number of methoxy groups -OCH3 is 1. The van der Waals surface area contributed by atoms with Crippen LogP contribution in [0.15, 0.2) is 0 Å². The van der Waals surface area contributed by atoms with E-state index in [1.54, 1.807) is 0 Å². The predicted octanol–water partition coefficient (Wildman–Crippen LogP) is -0.443. The highest BCUT2D eigenvalue weighted by atomic mass is 32.2. The van der Waals surface area contributed by atoms with Gasteiger partial charge in [0.05, 0.1) is 17.6 Å². The van der Waals surface area contributed by atoms with Crippen molar-refractivity contribution >= 4 is 20.2 Å². The standard InChI is InChI=1S/C6H14O7S2/c1-13-6(2-4-14(7,8)9)3-5-15(10,11)12/h6H,2-5H2,1H3,(H,7,8,9)(H,10,11,12). The van der Waals surface area contributed by atoms with Crippen molar-refractivity contribution in [2.75, 3.05) is 18.6 Å². The van der Waals surface area contributed by atoms with Gasteiger partial charge in [0.1, 0.15) is 0 Å². The molecule has 0 amide bonds. The van der Waals surface area contributed by atoms with Gasteiger partial charge in [-0.25, -0.2) is 0 Å². The first kappa shape index (κ1) is 14.8. The van der Waals surface area contributed by atoms with Crippen molar-refractivity contribution in [3.8, 4) is 0 Å². The first-order valence-electron chi connectivity index (χ1n) is 4.07. The Morgan fingerprint density at radius 2 is 1.33 bits per heavy atom. The second-order valence-corrected chi connectivity index (χ2v) is 6.15. The summed E-state index contributed by atoms with van der Waals surface area (Å²) in [4.78, 5) is 0. The first-order valence-corrected chi connectivity index (χ1v) is 7.29. The maximum Gasteiger partial charge on any atom is 0.264 e. The summed E-state index contributed by atoms with van der Waals surface area (Å²) in [5.41, 5.74) is 0. The minimum absolute atomic E-state index is 0.0230. The molecule has 0 saturated carbocycles. The molecule has 0 heterocycles. The van der Waals surface area contributed by atoms with Gasteiger partial charge >= 0.3 is 0 Å². The first-order chi connectivity index (χ1) is 6.64. The van der Waals surface area contributed by atoms with Gasteiger partial charge in [0.25, 0.3) is 20.2 Å². The minimum atomic E-state index is -4.08. The molecule has 0 aromatic rings. The topological polar surface area (TPSA) is 118 Å². The van der Waals surface area contributed by atoms with E-state index in [2.05, 4.69) is 0 Å². The van der Waals surface area contributed by atoms with Gasteiger partial charge in [0, 0.05) is 7.11 Å². The van der Waals surface area contributed by atoms with E-state index in [-0.39, 0.29) is 12.8 Å². The molecule has 0 aliphatic carbocycles. The van der Waals surface area contributed by atoms with Gasteiger partial charge in [0.15, 0.2) is 0 Å². The molecular weight excluding hydrogens is 248 g/mol. The van der Waals surface area contributed by atoms with E-state index < -0.39 is 37.8 Å². The van der Waals surface area contributed by atoms with E-state index in [9.17, 15) is 16.8 Å². The third-order valence-corrected chi connectivity index (χ3v) is 3.23. The summed E-state index contributed by atoms with van der Waals surface area (Å²) in [5, 5.41) is 0. The van der Waals surface area contributed by atoms with E-state index in [0.717, 1.165) is 0 Å². The highest BCUT2D eigenvalue weighted by Crippen LogP contribution is 2.06. The molecule has 0 bridgehead atoms. The largest absolute Gasteiger partial charge is 0.381 e. The van der Waals surface area contributed by atoms with Crippen LogP contribution in [-0.2, 0) is 25.0 Å². The third-order valence-electron chi connectivity index (χ3n) is 1.73. The molecular formula is C6H14O7S2. The normalized spacial score (nSPS) is 13.3. The molecule has 0 saturated heterocycles. The Labute approximate surface area is 88.9 Å². The Balaban J connectivity index is 4.05. The summed E-state index contributed by atoms with van der Waals surface area (Å²) in [5.74, 6) is -1.01. The van der Waals surface area contributed by atoms with Gasteiger partial charge in [-0.3, -0.25) is 9.11 Å². The quantitative estimate of drug-likeness (QED) is 0.597. The Morgan fingerprint density at radius 1 is 1.00 bits per heavy atom. The van der Waals surface area contributed by atoms with Gasteiger partial charge in [0.2, 0.25) is 0 Å². The average Bonchev–Trinajstić information content (AvgIpc) is 2.00. The lowest BCUT2D eigenvalue weighted by Gasteiger charge is -2.12. The molecule has 0 fully saturated rings. The van der Waals surface area contributed by atoms with Crippen molar-refractivity contribution in [2.45, 2.75) is 18.9 Å². The van der Waals surface area contributed by atoms with Gasteiger partial charge in [-0.15, -0.1) is 0 Å². The van der Waals surface area contributed by atoms with Crippen LogP contribution in [0.2, 0.25) is 0 Å². The molecule has 0 aromatic carbocycles. The van der Waals surface area contributed by atoms with Crippen LogP contribution in [0.1, 0.15) is 12.8 Å². The molecule has 0 aromatic heterocycles. The van der Waals surface area contributed by atoms with Gasteiger partial charge in [-0.05, 0) is 12.8 Å². The Kier molecular flexibility index (Phi) is 5.67. The fraction of sp³-hybridized carbons (Fsp3) is 1.00. The Bertz CT molecular complexity index is 332. The molecule has 2 N–H and O–H groups in total. The zero-order valence-electron chi connectivity index (χ0n) is 8.16. The summed E-state index contributed by atoms with van der Waals surface area (Å²) < 4.78 is 63.2. The molecule has 0 radical (unpaired) electrons. The molecule has 15 heavy (non-hydrogen) atoms. The number of ether oxygens (including phenoxy) is 1. The maximum atomic E-state index is 10.4. The van der Waals surface area contributed by atoms with E-state index in [4.69, 9.17) is 13.8 Å². The van der Waals surface area contributed by atoms with E-state index in [1.165, 1.54) is 7.11 Å². The lowest BCUT2D eigenvalue weighted by molar-refractivity contribution is 0.0968. The summed E-state index contributed by atoms with van der Waals surface area (Å²) >= 11 is 0. The predicted molar refractivity (Wildman–Crippen MR) is 52.9 cm³/mol. The van der Waals surface area contributed by atoms with Crippen LogP contribution in [-0.4, -0.2) is 50.7 Å². The summed E-state index contributed by atoms with van der Waals surface area (Å²) in [7, 11) is -6.86. The maximum absolute atomic E-state index is 10.4. The number of rotatable bonds is 7. The summed E-state index contributed by atoms with van der Waals surface area (Å²) in [6.07, 6.45) is -0.677.